The maximum Gasteiger partial charge on any atom is 0.0230 e. The first-order valence-electron chi connectivity index (χ1n) is 7.66. The van der Waals surface area contributed by atoms with Crippen LogP contribution in [0.15, 0.2) is 24.3 Å². The van der Waals surface area contributed by atoms with E-state index in [1.807, 2.05) is 0 Å². The molecule has 2 atom stereocenters. The van der Waals surface area contributed by atoms with E-state index in [0.29, 0.717) is 0 Å². The van der Waals surface area contributed by atoms with Gasteiger partial charge in [0, 0.05) is 13.1 Å². The van der Waals surface area contributed by atoms with Crippen LogP contribution in [0.1, 0.15) is 31.4 Å². The maximum absolute atomic E-state index is 3.37. The maximum atomic E-state index is 3.37. The number of nitrogens with zero attached hydrogens (tertiary/aromatic N) is 1. The van der Waals surface area contributed by atoms with Gasteiger partial charge in [0.1, 0.15) is 0 Å². The summed E-state index contributed by atoms with van der Waals surface area (Å²) in [6.07, 6.45) is 2.55. The smallest absolute Gasteiger partial charge is 0.0230 e. The Balaban J connectivity index is 1.74. The molecule has 1 saturated carbocycles. The van der Waals surface area contributed by atoms with Crippen LogP contribution in [0.5, 0.6) is 0 Å². The molecule has 0 aromatic heterocycles. The minimum absolute atomic E-state index is 0.949. The molecule has 0 heterocycles. The molecule has 1 aromatic carbocycles. The van der Waals surface area contributed by atoms with Crippen LogP contribution in [-0.4, -0.2) is 31.6 Å². The van der Waals surface area contributed by atoms with Gasteiger partial charge in [-0.25, -0.2) is 0 Å². The SMILES string of the molecule is CCNCCc1ccc(CN(C)CC2CC2C)cc1. The van der Waals surface area contributed by atoms with Gasteiger partial charge in [-0.3, -0.25) is 0 Å². The minimum Gasteiger partial charge on any atom is -0.317 e. The van der Waals surface area contributed by atoms with Crippen LogP contribution in [-0.2, 0) is 13.0 Å². The number of benzene rings is 1. The molecule has 1 aliphatic rings. The molecule has 1 N–H and O–H groups in total. The average Bonchev–Trinajstić information content (AvgIpc) is 3.07. The van der Waals surface area contributed by atoms with Crippen molar-refractivity contribution in [2.45, 2.75) is 33.2 Å². The first-order valence-corrected chi connectivity index (χ1v) is 7.66. The largest absolute Gasteiger partial charge is 0.317 e. The summed E-state index contributed by atoms with van der Waals surface area (Å²) in [5.74, 6) is 1.90. The van der Waals surface area contributed by atoms with Gasteiger partial charge >= 0.3 is 0 Å². The summed E-state index contributed by atoms with van der Waals surface area (Å²) in [4.78, 5) is 2.46. The summed E-state index contributed by atoms with van der Waals surface area (Å²) in [6.45, 7) is 8.98. The van der Waals surface area contributed by atoms with E-state index >= 15 is 0 Å². The fourth-order valence-corrected chi connectivity index (χ4v) is 2.65. The van der Waals surface area contributed by atoms with Crippen LogP contribution in [0.4, 0.5) is 0 Å². The Kier molecular flexibility index (Phi) is 5.41. The van der Waals surface area contributed by atoms with Crippen molar-refractivity contribution in [1.82, 2.24) is 10.2 Å². The molecule has 1 aliphatic carbocycles. The Labute approximate surface area is 118 Å². The predicted molar refractivity (Wildman–Crippen MR) is 82.3 cm³/mol. The second-order valence-corrected chi connectivity index (χ2v) is 6.09. The summed E-state index contributed by atoms with van der Waals surface area (Å²) < 4.78 is 0. The van der Waals surface area contributed by atoms with E-state index in [9.17, 15) is 0 Å². The first-order chi connectivity index (χ1) is 9.19. The van der Waals surface area contributed by atoms with Gasteiger partial charge in [0.25, 0.3) is 0 Å². The third-order valence-electron chi connectivity index (χ3n) is 4.14. The molecule has 1 fully saturated rings. The highest BCUT2D eigenvalue weighted by Gasteiger charge is 2.32. The second-order valence-electron chi connectivity index (χ2n) is 6.09. The summed E-state index contributed by atoms with van der Waals surface area (Å²) in [5, 5.41) is 3.37. The van der Waals surface area contributed by atoms with Gasteiger partial charge in [-0.2, -0.15) is 0 Å². The number of rotatable bonds is 8. The molecule has 0 spiro atoms. The van der Waals surface area contributed by atoms with Gasteiger partial charge in [0.15, 0.2) is 0 Å². The first kappa shape index (κ1) is 14.5. The Bertz CT molecular complexity index is 371. The number of hydrogen-bond donors (Lipinski definition) is 1. The minimum atomic E-state index is 0.949. The third kappa shape index (κ3) is 4.96. The Morgan fingerprint density at radius 3 is 2.42 bits per heavy atom. The van der Waals surface area contributed by atoms with Crippen molar-refractivity contribution < 1.29 is 0 Å². The standard InChI is InChI=1S/C17H28N2/c1-4-18-10-9-15-5-7-16(8-6-15)12-19(3)13-17-11-14(17)2/h5-8,14,17-18H,4,9-13H2,1-3H3. The molecule has 2 heteroatoms. The van der Waals surface area contributed by atoms with Crippen LogP contribution in [0, 0.1) is 11.8 Å². The summed E-state index contributed by atoms with van der Waals surface area (Å²) >= 11 is 0. The highest BCUT2D eigenvalue weighted by molar-refractivity contribution is 5.22. The third-order valence-corrected chi connectivity index (χ3v) is 4.14. The van der Waals surface area contributed by atoms with Crippen molar-refractivity contribution >= 4 is 0 Å². The van der Waals surface area contributed by atoms with Gasteiger partial charge < -0.3 is 10.2 Å². The van der Waals surface area contributed by atoms with Gasteiger partial charge in [-0.1, -0.05) is 38.1 Å². The Morgan fingerprint density at radius 1 is 1.21 bits per heavy atom. The summed E-state index contributed by atoms with van der Waals surface area (Å²) in [5.41, 5.74) is 2.87. The molecule has 0 bridgehead atoms. The van der Waals surface area contributed by atoms with Crippen LogP contribution >= 0.6 is 0 Å². The normalized spacial score (nSPS) is 21.9. The number of hydrogen-bond acceptors (Lipinski definition) is 2. The van der Waals surface area contributed by atoms with Gasteiger partial charge in [-0.05, 0) is 55.9 Å². The lowest BCUT2D eigenvalue weighted by molar-refractivity contribution is 0.307. The van der Waals surface area contributed by atoms with Crippen molar-refractivity contribution in [2.24, 2.45) is 11.8 Å². The van der Waals surface area contributed by atoms with Crippen LogP contribution in [0.25, 0.3) is 0 Å². The van der Waals surface area contributed by atoms with E-state index in [0.717, 1.165) is 37.9 Å². The second kappa shape index (κ2) is 7.06. The molecule has 19 heavy (non-hydrogen) atoms. The van der Waals surface area contributed by atoms with Crippen molar-refractivity contribution in [2.75, 3.05) is 26.7 Å². The van der Waals surface area contributed by atoms with Gasteiger partial charge in [0.05, 0.1) is 0 Å². The monoisotopic (exact) mass is 260 g/mol. The molecule has 2 unspecified atom stereocenters. The molecule has 0 aliphatic heterocycles. The van der Waals surface area contributed by atoms with Gasteiger partial charge in [0.2, 0.25) is 0 Å². The molecule has 2 nitrogen and oxygen atoms in total. The van der Waals surface area contributed by atoms with E-state index in [4.69, 9.17) is 0 Å². The van der Waals surface area contributed by atoms with Crippen LogP contribution < -0.4 is 5.32 Å². The molecule has 0 radical (unpaired) electrons. The highest BCUT2D eigenvalue weighted by atomic mass is 15.1. The zero-order valence-electron chi connectivity index (χ0n) is 12.7. The fourth-order valence-electron chi connectivity index (χ4n) is 2.65. The molecular weight excluding hydrogens is 232 g/mol. The van der Waals surface area contributed by atoms with Crippen molar-refractivity contribution in [3.8, 4) is 0 Å². The Hall–Kier alpha value is -0.860. The quantitative estimate of drug-likeness (QED) is 0.723. The van der Waals surface area contributed by atoms with Crippen molar-refractivity contribution in [1.29, 1.82) is 0 Å². The molecule has 0 saturated heterocycles. The summed E-state index contributed by atoms with van der Waals surface area (Å²) in [6, 6.07) is 9.13. The van der Waals surface area contributed by atoms with Crippen molar-refractivity contribution in [3.63, 3.8) is 0 Å². The molecule has 0 amide bonds. The molecule has 106 valence electrons. The Morgan fingerprint density at radius 2 is 1.84 bits per heavy atom. The van der Waals surface area contributed by atoms with E-state index in [1.165, 1.54) is 24.1 Å². The van der Waals surface area contributed by atoms with E-state index in [-0.39, 0.29) is 0 Å². The predicted octanol–water partition coefficient (Wildman–Crippen LogP) is 2.93. The van der Waals surface area contributed by atoms with E-state index in [2.05, 4.69) is 55.4 Å². The van der Waals surface area contributed by atoms with Crippen LogP contribution in [0.2, 0.25) is 0 Å². The van der Waals surface area contributed by atoms with Crippen molar-refractivity contribution in [3.05, 3.63) is 35.4 Å². The molecule has 1 aromatic rings. The molecular formula is C17H28N2. The zero-order chi connectivity index (χ0) is 13.7. The lowest BCUT2D eigenvalue weighted by Gasteiger charge is -2.16. The lowest BCUT2D eigenvalue weighted by atomic mass is 10.1. The van der Waals surface area contributed by atoms with Gasteiger partial charge in [-0.15, -0.1) is 0 Å². The zero-order valence-corrected chi connectivity index (χ0v) is 12.7. The van der Waals surface area contributed by atoms with E-state index < -0.39 is 0 Å². The van der Waals surface area contributed by atoms with Crippen LogP contribution in [0.3, 0.4) is 0 Å². The average molecular weight is 260 g/mol. The lowest BCUT2D eigenvalue weighted by Crippen LogP contribution is -2.21. The number of nitrogens with one attached hydrogen (secondary N) is 1. The highest BCUT2D eigenvalue weighted by Crippen LogP contribution is 2.38. The molecule has 2 rings (SSSR count). The summed E-state index contributed by atoms with van der Waals surface area (Å²) in [7, 11) is 2.24. The van der Waals surface area contributed by atoms with E-state index in [1.54, 1.807) is 0 Å². The topological polar surface area (TPSA) is 15.3 Å². The number of likely N-dealkylation sites (N-methyl/N-ethyl adjacent to an activating group) is 1. The fraction of sp³-hybridized carbons (Fsp3) is 0.647.